The van der Waals surface area contributed by atoms with Gasteiger partial charge in [-0.15, -0.1) is 22.7 Å². The number of aromatic carboxylic acids is 1. The second-order valence-electron chi connectivity index (χ2n) is 8.67. The largest absolute Gasteiger partial charge is 0.478 e. The highest BCUT2D eigenvalue weighted by atomic mass is 35.5. The number of hydrogen-bond acceptors (Lipinski definition) is 10. The zero-order valence-corrected chi connectivity index (χ0v) is 23.5. The summed E-state index contributed by atoms with van der Waals surface area (Å²) < 4.78 is 6.64. The first-order valence-corrected chi connectivity index (χ1v) is 14.2. The van der Waals surface area contributed by atoms with Crippen molar-refractivity contribution in [3.63, 3.8) is 0 Å². The van der Waals surface area contributed by atoms with Gasteiger partial charge in [0.25, 0.3) is 0 Å². The quantitative estimate of drug-likeness (QED) is 0.155. The summed E-state index contributed by atoms with van der Waals surface area (Å²) >= 11 is 9.08. The number of pyridine rings is 2. The minimum Gasteiger partial charge on any atom is -0.478 e. The number of halogens is 1. The van der Waals surface area contributed by atoms with Crippen LogP contribution in [0.1, 0.15) is 20.7 Å². The van der Waals surface area contributed by atoms with Gasteiger partial charge in [0, 0.05) is 16.5 Å². The van der Waals surface area contributed by atoms with Gasteiger partial charge in [-0.1, -0.05) is 41.9 Å². The fourth-order valence-corrected chi connectivity index (χ4v) is 6.22. The molecule has 12 heteroatoms. The van der Waals surface area contributed by atoms with Gasteiger partial charge < -0.3 is 15.2 Å². The zero-order chi connectivity index (χ0) is 28.5. The van der Waals surface area contributed by atoms with Crippen LogP contribution in [0.5, 0.6) is 0 Å². The molecule has 0 saturated heterocycles. The van der Waals surface area contributed by atoms with Gasteiger partial charge in [0.05, 0.1) is 49.7 Å². The number of nitrogens with one attached hydrogen (secondary N) is 1. The maximum atomic E-state index is 11.5. The third-order valence-corrected chi connectivity index (χ3v) is 8.18. The van der Waals surface area contributed by atoms with Gasteiger partial charge in [0.1, 0.15) is 11.0 Å². The molecule has 0 aliphatic rings. The Balaban J connectivity index is 0.000000152. The van der Waals surface area contributed by atoms with Crippen molar-refractivity contribution < 1.29 is 19.4 Å². The lowest BCUT2D eigenvalue weighted by molar-refractivity contribution is 0.0600. The summed E-state index contributed by atoms with van der Waals surface area (Å²) in [6, 6.07) is 19.9. The van der Waals surface area contributed by atoms with Crippen LogP contribution in [0, 0.1) is 0 Å². The molecular weight excluding hydrogens is 582 g/mol. The van der Waals surface area contributed by atoms with E-state index in [4.69, 9.17) is 16.7 Å². The van der Waals surface area contributed by atoms with Crippen LogP contribution >= 0.6 is 34.3 Å². The van der Waals surface area contributed by atoms with Crippen molar-refractivity contribution in [2.24, 2.45) is 0 Å². The van der Waals surface area contributed by atoms with E-state index in [0.29, 0.717) is 33.1 Å². The van der Waals surface area contributed by atoms with Crippen LogP contribution < -0.4 is 5.32 Å². The average Bonchev–Trinajstić information content (AvgIpc) is 3.69. The first kappa shape index (κ1) is 26.5. The van der Waals surface area contributed by atoms with Gasteiger partial charge in [0.15, 0.2) is 11.0 Å². The number of anilines is 2. The highest BCUT2D eigenvalue weighted by Gasteiger charge is 2.14. The van der Waals surface area contributed by atoms with Gasteiger partial charge in [-0.05, 0) is 36.4 Å². The summed E-state index contributed by atoms with van der Waals surface area (Å²) in [5.41, 5.74) is 7.87. The van der Waals surface area contributed by atoms with Crippen LogP contribution in [0.4, 0.5) is 11.5 Å². The van der Waals surface area contributed by atoms with Crippen LogP contribution in [0.25, 0.3) is 42.2 Å². The van der Waals surface area contributed by atoms with Crippen molar-refractivity contribution >= 4 is 100.0 Å². The molecule has 4 heterocycles. The summed E-state index contributed by atoms with van der Waals surface area (Å²) in [4.78, 5) is 40.1. The molecule has 3 aromatic carbocycles. The Morgan fingerprint density at radius 2 is 1.44 bits per heavy atom. The average molecular weight is 600 g/mol. The second kappa shape index (κ2) is 11.0. The highest BCUT2D eigenvalue weighted by Crippen LogP contribution is 2.34. The van der Waals surface area contributed by atoms with Crippen molar-refractivity contribution in [2.75, 3.05) is 12.4 Å². The molecule has 0 saturated carbocycles. The van der Waals surface area contributed by atoms with Crippen molar-refractivity contribution in [3.05, 3.63) is 94.0 Å². The summed E-state index contributed by atoms with van der Waals surface area (Å²) in [5, 5.41) is 14.6. The molecule has 4 aromatic heterocycles. The third kappa shape index (κ3) is 5.13. The molecule has 41 heavy (non-hydrogen) atoms. The molecule has 202 valence electrons. The predicted octanol–water partition coefficient (Wildman–Crippen LogP) is 7.57. The van der Waals surface area contributed by atoms with Crippen LogP contribution in [-0.4, -0.2) is 44.1 Å². The normalized spacial score (nSPS) is 11.0. The highest BCUT2D eigenvalue weighted by molar-refractivity contribution is 7.18. The monoisotopic (exact) mass is 599 g/mol. The number of thiazole rings is 2. The molecule has 0 bridgehead atoms. The summed E-state index contributed by atoms with van der Waals surface area (Å²) in [6.07, 6.45) is 0. The van der Waals surface area contributed by atoms with Crippen LogP contribution in [0.15, 0.2) is 77.8 Å². The lowest BCUT2D eigenvalue weighted by Crippen LogP contribution is -2.00. The van der Waals surface area contributed by atoms with Crippen molar-refractivity contribution in [3.8, 4) is 0 Å². The SMILES string of the molecule is COC(=O)c1ccc2c(c1)nc(Cl)c1ncsc12.O=C(O)c1ccc2c(c1)nc(Nc1ccccc1)c1ncsc12. The number of ether oxygens (including phenoxy) is 1. The fourth-order valence-electron chi connectivity index (χ4n) is 4.28. The van der Waals surface area contributed by atoms with Gasteiger partial charge >= 0.3 is 11.9 Å². The molecule has 0 spiro atoms. The number of fused-ring (bicyclic) bond motifs is 6. The van der Waals surface area contributed by atoms with Crippen LogP contribution in [0.3, 0.4) is 0 Å². The topological polar surface area (TPSA) is 127 Å². The molecule has 9 nitrogen and oxygen atoms in total. The summed E-state index contributed by atoms with van der Waals surface area (Å²) in [6.45, 7) is 0. The first-order chi connectivity index (χ1) is 19.9. The number of benzene rings is 3. The molecule has 0 atom stereocenters. The molecule has 0 amide bonds. The summed E-state index contributed by atoms with van der Waals surface area (Å²) in [5.74, 6) is -0.725. The molecule has 0 aliphatic carbocycles. The fraction of sp³-hybridized carbons (Fsp3) is 0.0345. The molecule has 2 N–H and O–H groups in total. The first-order valence-electron chi connectivity index (χ1n) is 12.1. The minimum atomic E-state index is -0.962. The number of carboxylic acids is 1. The predicted molar refractivity (Wildman–Crippen MR) is 163 cm³/mol. The molecule has 0 fully saturated rings. The minimum absolute atomic E-state index is 0.222. The molecule has 0 radical (unpaired) electrons. The molecule has 7 aromatic rings. The van der Waals surface area contributed by atoms with Gasteiger partial charge in [-0.3, -0.25) is 0 Å². The number of esters is 1. The lowest BCUT2D eigenvalue weighted by atomic mass is 10.1. The number of methoxy groups -OCH3 is 1. The Hall–Kier alpha value is -4.71. The number of carbonyl (C=O) groups is 2. The zero-order valence-electron chi connectivity index (χ0n) is 21.2. The van der Waals surface area contributed by atoms with E-state index in [1.54, 1.807) is 41.4 Å². The van der Waals surface area contributed by atoms with Gasteiger partial charge in [-0.25, -0.2) is 29.5 Å². The van der Waals surface area contributed by atoms with E-state index in [1.165, 1.54) is 29.8 Å². The lowest BCUT2D eigenvalue weighted by Gasteiger charge is -2.08. The van der Waals surface area contributed by atoms with Crippen molar-refractivity contribution in [2.45, 2.75) is 0 Å². The van der Waals surface area contributed by atoms with Crippen molar-refractivity contribution in [1.29, 1.82) is 0 Å². The van der Waals surface area contributed by atoms with E-state index in [-0.39, 0.29) is 11.5 Å². The van der Waals surface area contributed by atoms with E-state index < -0.39 is 5.97 Å². The van der Waals surface area contributed by atoms with Crippen LogP contribution in [0.2, 0.25) is 5.15 Å². The Morgan fingerprint density at radius 3 is 2.12 bits per heavy atom. The Bertz CT molecular complexity index is 2100. The maximum Gasteiger partial charge on any atom is 0.337 e. The number of para-hydroxylation sites is 1. The molecule has 7 rings (SSSR count). The van der Waals surface area contributed by atoms with Gasteiger partial charge in [0.2, 0.25) is 0 Å². The Labute approximate surface area is 245 Å². The Kier molecular flexibility index (Phi) is 7.14. The Morgan fingerprint density at radius 1 is 0.829 bits per heavy atom. The van der Waals surface area contributed by atoms with E-state index in [1.807, 2.05) is 36.4 Å². The molecule has 0 unspecified atom stereocenters. The smallest absolute Gasteiger partial charge is 0.337 e. The maximum absolute atomic E-state index is 11.5. The number of nitrogens with zero attached hydrogens (tertiary/aromatic N) is 4. The van der Waals surface area contributed by atoms with Gasteiger partial charge in [-0.2, -0.15) is 0 Å². The third-order valence-electron chi connectivity index (χ3n) is 6.19. The number of carbonyl (C=O) groups excluding carboxylic acids is 1. The van der Waals surface area contributed by atoms with Crippen molar-refractivity contribution in [1.82, 2.24) is 19.9 Å². The molecular formula is C29H18ClN5O4S2. The number of carboxylic acid groups (broad SMARTS) is 1. The van der Waals surface area contributed by atoms with Crippen LogP contribution in [-0.2, 0) is 4.74 Å². The van der Waals surface area contributed by atoms with E-state index in [2.05, 4.69) is 30.0 Å². The number of aromatic nitrogens is 4. The number of rotatable bonds is 4. The van der Waals surface area contributed by atoms with E-state index >= 15 is 0 Å². The van der Waals surface area contributed by atoms with E-state index in [0.717, 1.165) is 31.4 Å². The standard InChI is InChI=1S/C17H11N3O2S.C12H7ClN2O2S/c21-17(22)10-6-7-12-13(8-10)20-16(14-15(12)23-9-18-14)19-11-4-2-1-3-5-11;1-17-12(16)6-2-3-7-8(4-6)15-11(13)9-10(7)18-5-14-9/h1-9H,(H,19,20)(H,21,22);2-5H,1H3. The summed E-state index contributed by atoms with van der Waals surface area (Å²) in [7, 11) is 1.35. The molecule has 0 aliphatic heterocycles. The van der Waals surface area contributed by atoms with E-state index in [9.17, 15) is 9.59 Å². The second-order valence-corrected chi connectivity index (χ2v) is 10.7. The number of hydrogen-bond donors (Lipinski definition) is 2.